The van der Waals surface area contributed by atoms with E-state index in [1.54, 1.807) is 11.3 Å². The predicted molar refractivity (Wildman–Crippen MR) is 126 cm³/mol. The summed E-state index contributed by atoms with van der Waals surface area (Å²) >= 11 is 1.55. The van der Waals surface area contributed by atoms with Gasteiger partial charge >= 0.3 is 0 Å². The second kappa shape index (κ2) is 8.62. The van der Waals surface area contributed by atoms with Crippen LogP contribution < -0.4 is 10.2 Å². The van der Waals surface area contributed by atoms with Gasteiger partial charge in [-0.15, -0.1) is 11.3 Å². The van der Waals surface area contributed by atoms with Crippen molar-refractivity contribution in [1.29, 1.82) is 0 Å². The molecule has 156 valence electrons. The van der Waals surface area contributed by atoms with Crippen LogP contribution in [0.2, 0.25) is 0 Å². The molecule has 2 aromatic carbocycles. The summed E-state index contributed by atoms with van der Waals surface area (Å²) in [6.07, 6.45) is 0. The maximum atomic E-state index is 13.0. The summed E-state index contributed by atoms with van der Waals surface area (Å²) in [7, 11) is 0. The Morgan fingerprint density at radius 2 is 1.67 bits per heavy atom. The van der Waals surface area contributed by atoms with Crippen LogP contribution in [0.3, 0.4) is 0 Å². The summed E-state index contributed by atoms with van der Waals surface area (Å²) in [5.74, 6) is -0.0693. The van der Waals surface area contributed by atoms with Gasteiger partial charge in [0.1, 0.15) is 0 Å². The number of rotatable bonds is 4. The average molecular weight is 421 g/mol. The van der Waals surface area contributed by atoms with E-state index in [9.17, 15) is 4.79 Å². The molecule has 1 saturated heterocycles. The van der Waals surface area contributed by atoms with Crippen LogP contribution >= 0.6 is 11.3 Å². The quantitative estimate of drug-likeness (QED) is 0.580. The fourth-order valence-corrected chi connectivity index (χ4v) is 4.69. The Balaban J connectivity index is 1.60. The third-order valence-electron chi connectivity index (χ3n) is 5.33. The van der Waals surface area contributed by atoms with Crippen LogP contribution in [0.25, 0.3) is 11.1 Å². The molecule has 0 atom stereocenters. The highest BCUT2D eigenvalue weighted by atomic mass is 32.1. The predicted octanol–water partition coefficient (Wildman–Crippen LogP) is 5.80. The Morgan fingerprint density at radius 1 is 1.00 bits per heavy atom. The number of nitrogens with one attached hydrogen (secondary N) is 1. The third-order valence-corrected chi connectivity index (χ3v) is 6.52. The van der Waals surface area contributed by atoms with Crippen molar-refractivity contribution in [2.24, 2.45) is 0 Å². The first kappa shape index (κ1) is 20.6. The smallest absolute Gasteiger partial charge is 0.265 e. The number of carbonyl (C=O) groups is 1. The van der Waals surface area contributed by atoms with Gasteiger partial charge in [0.05, 0.1) is 23.1 Å². The van der Waals surface area contributed by atoms with Crippen LogP contribution in [0.1, 0.15) is 36.0 Å². The van der Waals surface area contributed by atoms with Gasteiger partial charge in [-0.3, -0.25) is 4.79 Å². The lowest BCUT2D eigenvalue weighted by molar-refractivity contribution is 0.103. The lowest BCUT2D eigenvalue weighted by Gasteiger charge is -2.28. The van der Waals surface area contributed by atoms with Gasteiger partial charge in [0.2, 0.25) is 0 Å². The molecule has 1 fully saturated rings. The van der Waals surface area contributed by atoms with Gasteiger partial charge in [-0.2, -0.15) is 0 Å². The van der Waals surface area contributed by atoms with E-state index in [0.29, 0.717) is 13.2 Å². The van der Waals surface area contributed by atoms with Gasteiger partial charge in [0, 0.05) is 24.3 Å². The van der Waals surface area contributed by atoms with E-state index in [0.717, 1.165) is 39.8 Å². The van der Waals surface area contributed by atoms with Crippen LogP contribution in [0.4, 0.5) is 10.7 Å². The summed E-state index contributed by atoms with van der Waals surface area (Å²) in [5.41, 5.74) is 4.39. The molecule has 4 rings (SSSR count). The molecule has 3 aromatic rings. The van der Waals surface area contributed by atoms with E-state index in [-0.39, 0.29) is 11.3 Å². The summed E-state index contributed by atoms with van der Waals surface area (Å²) in [6, 6.07) is 20.4. The zero-order chi connectivity index (χ0) is 21.1. The Morgan fingerprint density at radius 3 is 2.30 bits per heavy atom. The number of benzene rings is 2. The Kier molecular flexibility index (Phi) is 5.93. The van der Waals surface area contributed by atoms with E-state index >= 15 is 0 Å². The number of hydrogen-bond donors (Lipinski definition) is 1. The summed E-state index contributed by atoms with van der Waals surface area (Å²) in [4.78, 5) is 16.1. The van der Waals surface area contributed by atoms with Crippen molar-refractivity contribution in [3.8, 4) is 11.1 Å². The number of ether oxygens (including phenoxy) is 1. The van der Waals surface area contributed by atoms with Crippen molar-refractivity contribution in [3.63, 3.8) is 0 Å². The van der Waals surface area contributed by atoms with E-state index in [1.165, 1.54) is 5.56 Å². The number of thiophene rings is 1. The molecule has 0 bridgehead atoms. The van der Waals surface area contributed by atoms with Gasteiger partial charge in [0.25, 0.3) is 5.91 Å². The molecule has 0 aliphatic carbocycles. The van der Waals surface area contributed by atoms with Crippen LogP contribution in [-0.2, 0) is 10.2 Å². The van der Waals surface area contributed by atoms with Crippen LogP contribution in [0.5, 0.6) is 0 Å². The lowest BCUT2D eigenvalue weighted by atomic mass is 9.87. The highest BCUT2D eigenvalue weighted by Crippen LogP contribution is 2.39. The maximum Gasteiger partial charge on any atom is 0.265 e. The summed E-state index contributed by atoms with van der Waals surface area (Å²) < 4.78 is 5.52. The first-order chi connectivity index (χ1) is 14.4. The Bertz CT molecular complexity index is 998. The molecule has 4 nitrogen and oxygen atoms in total. The molecule has 5 heteroatoms. The average Bonchev–Trinajstić information content (AvgIpc) is 3.20. The molecular weight excluding hydrogens is 392 g/mol. The molecular formula is C25H28N2O2S. The number of carbonyl (C=O) groups excluding carboxylic acids is 1. The number of anilines is 2. The van der Waals surface area contributed by atoms with E-state index in [2.05, 4.69) is 55.3 Å². The fourth-order valence-electron chi connectivity index (χ4n) is 3.57. The molecule has 30 heavy (non-hydrogen) atoms. The van der Waals surface area contributed by atoms with Gasteiger partial charge in [-0.1, -0.05) is 63.2 Å². The minimum atomic E-state index is -0.0693. The standard InChI is InChI=1S/C25H28N2O2S/c1-25(2,3)19-9-11-20(12-10-19)26-23(28)22-17-21(18-7-5-4-6-8-18)24(30-22)27-13-15-29-16-14-27/h4-12,17H,13-16H2,1-3H3,(H,26,28). The third kappa shape index (κ3) is 4.58. The first-order valence-electron chi connectivity index (χ1n) is 10.4. The van der Waals surface area contributed by atoms with Crippen LogP contribution in [-0.4, -0.2) is 32.2 Å². The summed E-state index contributed by atoms with van der Waals surface area (Å²) in [5, 5.41) is 4.20. The number of hydrogen-bond acceptors (Lipinski definition) is 4. The molecule has 0 unspecified atom stereocenters. The molecule has 1 N–H and O–H groups in total. The zero-order valence-corrected chi connectivity index (χ0v) is 18.6. The van der Waals surface area contributed by atoms with E-state index in [1.807, 2.05) is 36.4 Å². The van der Waals surface area contributed by atoms with Crippen molar-refractivity contribution in [3.05, 3.63) is 71.1 Å². The minimum absolute atomic E-state index is 0.0693. The molecule has 0 saturated carbocycles. The van der Waals surface area contributed by atoms with E-state index < -0.39 is 0 Å². The second-order valence-electron chi connectivity index (χ2n) is 8.58. The van der Waals surface area contributed by atoms with Gasteiger partial charge in [-0.05, 0) is 34.7 Å². The SMILES string of the molecule is CC(C)(C)c1ccc(NC(=O)c2cc(-c3ccccc3)c(N3CCOCC3)s2)cc1. The van der Waals surface area contributed by atoms with Crippen LogP contribution in [0, 0.1) is 0 Å². The molecule has 1 aliphatic heterocycles. The molecule has 0 radical (unpaired) electrons. The fraction of sp³-hybridized carbons (Fsp3) is 0.320. The highest BCUT2D eigenvalue weighted by molar-refractivity contribution is 7.18. The van der Waals surface area contributed by atoms with Crippen molar-refractivity contribution in [2.75, 3.05) is 36.5 Å². The van der Waals surface area contributed by atoms with Gasteiger partial charge in [-0.25, -0.2) is 0 Å². The number of nitrogens with zero attached hydrogens (tertiary/aromatic N) is 1. The minimum Gasteiger partial charge on any atom is -0.378 e. The number of amides is 1. The zero-order valence-electron chi connectivity index (χ0n) is 17.8. The van der Waals surface area contributed by atoms with Crippen molar-refractivity contribution in [2.45, 2.75) is 26.2 Å². The molecule has 0 spiro atoms. The largest absolute Gasteiger partial charge is 0.378 e. The first-order valence-corrected chi connectivity index (χ1v) is 11.2. The molecule has 1 amide bonds. The normalized spacial score (nSPS) is 14.6. The molecule has 2 heterocycles. The van der Waals surface area contributed by atoms with Gasteiger partial charge < -0.3 is 15.0 Å². The van der Waals surface area contributed by atoms with Crippen molar-refractivity contribution >= 4 is 27.9 Å². The highest BCUT2D eigenvalue weighted by Gasteiger charge is 2.22. The van der Waals surface area contributed by atoms with Crippen molar-refractivity contribution in [1.82, 2.24) is 0 Å². The number of morpholine rings is 1. The Labute approximate surface area is 182 Å². The monoisotopic (exact) mass is 420 g/mol. The topological polar surface area (TPSA) is 41.6 Å². The van der Waals surface area contributed by atoms with Crippen LogP contribution in [0.15, 0.2) is 60.7 Å². The molecule has 1 aliphatic rings. The Hall–Kier alpha value is -2.63. The maximum absolute atomic E-state index is 13.0. The summed E-state index contributed by atoms with van der Waals surface area (Å²) in [6.45, 7) is 9.67. The lowest BCUT2D eigenvalue weighted by Crippen LogP contribution is -2.35. The van der Waals surface area contributed by atoms with Gasteiger partial charge in [0.15, 0.2) is 0 Å². The van der Waals surface area contributed by atoms with Crippen molar-refractivity contribution < 1.29 is 9.53 Å². The molecule has 1 aromatic heterocycles. The second-order valence-corrected chi connectivity index (χ2v) is 9.61. The van der Waals surface area contributed by atoms with E-state index in [4.69, 9.17) is 4.74 Å².